The Hall–Kier alpha value is -2.12. The lowest BCUT2D eigenvalue weighted by Crippen LogP contribution is -2.46. The third-order valence-electron chi connectivity index (χ3n) is 4.34. The van der Waals surface area contributed by atoms with E-state index in [1.165, 1.54) is 4.31 Å². The van der Waals surface area contributed by atoms with Crippen LogP contribution in [-0.2, 0) is 15.8 Å². The fourth-order valence-electron chi connectivity index (χ4n) is 2.97. The van der Waals surface area contributed by atoms with E-state index in [4.69, 9.17) is 4.42 Å². The van der Waals surface area contributed by atoms with Gasteiger partial charge < -0.3 is 9.73 Å². The molecule has 1 amide bonds. The molecule has 7 heteroatoms. The van der Waals surface area contributed by atoms with Crippen LogP contribution < -0.4 is 5.32 Å². The SMILES string of the molecule is Cc1ccc(C(=O)NC2CCN(S(=O)(=O)Cc3ccccc3)CC2)o1. The van der Waals surface area contributed by atoms with E-state index in [1.54, 1.807) is 19.1 Å². The highest BCUT2D eigenvalue weighted by Crippen LogP contribution is 2.18. The fraction of sp³-hybridized carbons (Fsp3) is 0.389. The number of hydrogen-bond donors (Lipinski definition) is 1. The molecule has 1 N–H and O–H groups in total. The van der Waals surface area contributed by atoms with Crippen LogP contribution in [0.15, 0.2) is 46.9 Å². The van der Waals surface area contributed by atoms with E-state index in [1.807, 2.05) is 30.3 Å². The van der Waals surface area contributed by atoms with Crippen molar-refractivity contribution in [1.29, 1.82) is 0 Å². The molecule has 0 radical (unpaired) electrons. The molecule has 0 unspecified atom stereocenters. The van der Waals surface area contributed by atoms with Crippen molar-refractivity contribution in [3.63, 3.8) is 0 Å². The molecule has 0 bridgehead atoms. The fourth-order valence-corrected chi connectivity index (χ4v) is 4.53. The van der Waals surface area contributed by atoms with E-state index >= 15 is 0 Å². The van der Waals surface area contributed by atoms with Crippen LogP contribution in [0.25, 0.3) is 0 Å². The number of sulfonamides is 1. The van der Waals surface area contributed by atoms with Crippen molar-refractivity contribution < 1.29 is 17.6 Å². The van der Waals surface area contributed by atoms with Gasteiger partial charge in [0, 0.05) is 19.1 Å². The van der Waals surface area contributed by atoms with Crippen molar-refractivity contribution in [2.24, 2.45) is 0 Å². The van der Waals surface area contributed by atoms with Gasteiger partial charge in [-0.3, -0.25) is 4.79 Å². The summed E-state index contributed by atoms with van der Waals surface area (Å²) in [6.07, 6.45) is 1.19. The highest BCUT2D eigenvalue weighted by Gasteiger charge is 2.29. The average Bonchev–Trinajstić information content (AvgIpc) is 3.02. The van der Waals surface area contributed by atoms with Crippen LogP contribution in [0.5, 0.6) is 0 Å². The zero-order chi connectivity index (χ0) is 17.9. The zero-order valence-corrected chi connectivity index (χ0v) is 15.0. The van der Waals surface area contributed by atoms with E-state index in [2.05, 4.69) is 5.32 Å². The maximum absolute atomic E-state index is 12.5. The first-order chi connectivity index (χ1) is 11.9. The molecule has 0 spiro atoms. The van der Waals surface area contributed by atoms with Crippen LogP contribution in [0, 0.1) is 6.92 Å². The summed E-state index contributed by atoms with van der Waals surface area (Å²) in [6.45, 7) is 2.61. The van der Waals surface area contributed by atoms with Crippen molar-refractivity contribution >= 4 is 15.9 Å². The molecule has 25 heavy (non-hydrogen) atoms. The molecule has 0 atom stereocenters. The molecule has 3 rings (SSSR count). The predicted octanol–water partition coefficient (Wildman–Crippen LogP) is 2.31. The molecule has 2 heterocycles. The Morgan fingerprint density at radius 1 is 1.16 bits per heavy atom. The number of carbonyl (C=O) groups is 1. The summed E-state index contributed by atoms with van der Waals surface area (Å²) < 4.78 is 31.9. The van der Waals surface area contributed by atoms with E-state index in [-0.39, 0.29) is 23.5 Å². The van der Waals surface area contributed by atoms with Crippen molar-refractivity contribution in [3.05, 3.63) is 59.5 Å². The van der Waals surface area contributed by atoms with Gasteiger partial charge in [0.1, 0.15) is 5.76 Å². The van der Waals surface area contributed by atoms with E-state index < -0.39 is 10.0 Å². The molecule has 1 fully saturated rings. The predicted molar refractivity (Wildman–Crippen MR) is 94.6 cm³/mol. The van der Waals surface area contributed by atoms with Crippen molar-refractivity contribution in [2.75, 3.05) is 13.1 Å². The van der Waals surface area contributed by atoms with Crippen molar-refractivity contribution in [3.8, 4) is 0 Å². The number of benzene rings is 1. The number of nitrogens with zero attached hydrogens (tertiary/aromatic N) is 1. The molecule has 0 aliphatic carbocycles. The molecule has 1 aliphatic heterocycles. The first kappa shape index (κ1) is 17.7. The summed E-state index contributed by atoms with van der Waals surface area (Å²) in [6, 6.07) is 12.5. The minimum Gasteiger partial charge on any atom is -0.456 e. The number of hydrogen-bond acceptors (Lipinski definition) is 4. The van der Waals surface area contributed by atoms with Gasteiger partial charge in [-0.05, 0) is 37.5 Å². The Morgan fingerprint density at radius 3 is 2.44 bits per heavy atom. The highest BCUT2D eigenvalue weighted by molar-refractivity contribution is 7.88. The Bertz CT molecular complexity index is 822. The Morgan fingerprint density at radius 2 is 1.84 bits per heavy atom. The van der Waals surface area contributed by atoms with Crippen LogP contribution in [0.4, 0.5) is 0 Å². The summed E-state index contributed by atoms with van der Waals surface area (Å²) in [5.74, 6) is 0.735. The Kier molecular flexibility index (Phi) is 5.24. The molecule has 6 nitrogen and oxygen atoms in total. The molecule has 1 aliphatic rings. The van der Waals surface area contributed by atoms with Crippen molar-refractivity contribution in [1.82, 2.24) is 9.62 Å². The first-order valence-corrected chi connectivity index (χ1v) is 9.94. The molecular formula is C18H22N2O4S. The number of piperidine rings is 1. The van der Waals surface area contributed by atoms with Crippen LogP contribution in [0.1, 0.15) is 34.7 Å². The van der Waals surface area contributed by atoms with Crippen LogP contribution in [0.2, 0.25) is 0 Å². The maximum Gasteiger partial charge on any atom is 0.287 e. The standard InChI is InChI=1S/C18H22N2O4S/c1-14-7-8-17(24-14)18(21)19-16-9-11-20(12-10-16)25(22,23)13-15-5-3-2-4-6-15/h2-8,16H,9-13H2,1H3,(H,19,21). The molecule has 1 saturated heterocycles. The second-order valence-electron chi connectivity index (χ2n) is 6.30. The summed E-state index contributed by atoms with van der Waals surface area (Å²) in [4.78, 5) is 12.1. The Labute approximate surface area is 147 Å². The van der Waals surface area contributed by atoms with Gasteiger partial charge in [0.15, 0.2) is 5.76 Å². The van der Waals surface area contributed by atoms with Crippen LogP contribution in [0.3, 0.4) is 0 Å². The smallest absolute Gasteiger partial charge is 0.287 e. The number of rotatable bonds is 5. The Balaban J connectivity index is 1.53. The number of furan rings is 1. The molecule has 2 aromatic rings. The number of carbonyl (C=O) groups excluding carboxylic acids is 1. The third kappa shape index (κ3) is 4.49. The minimum absolute atomic E-state index is 0.0105. The van der Waals surface area contributed by atoms with Gasteiger partial charge in [0.2, 0.25) is 10.0 Å². The third-order valence-corrected chi connectivity index (χ3v) is 6.19. The zero-order valence-electron chi connectivity index (χ0n) is 14.1. The molecule has 134 valence electrons. The van der Waals surface area contributed by atoms with Gasteiger partial charge in [0.25, 0.3) is 5.91 Å². The normalized spacial score (nSPS) is 16.7. The minimum atomic E-state index is -3.34. The maximum atomic E-state index is 12.5. The number of aryl methyl sites for hydroxylation is 1. The average molecular weight is 362 g/mol. The lowest BCUT2D eigenvalue weighted by atomic mass is 10.1. The second-order valence-corrected chi connectivity index (χ2v) is 8.27. The van der Waals surface area contributed by atoms with Gasteiger partial charge in [0.05, 0.1) is 5.75 Å². The van der Waals surface area contributed by atoms with Gasteiger partial charge in [-0.25, -0.2) is 12.7 Å². The molecule has 1 aromatic heterocycles. The quantitative estimate of drug-likeness (QED) is 0.885. The summed E-state index contributed by atoms with van der Waals surface area (Å²) in [5, 5.41) is 2.92. The van der Waals surface area contributed by atoms with Gasteiger partial charge in [-0.2, -0.15) is 0 Å². The van der Waals surface area contributed by atoms with Crippen LogP contribution in [-0.4, -0.2) is 37.8 Å². The largest absolute Gasteiger partial charge is 0.456 e. The number of nitrogens with one attached hydrogen (secondary N) is 1. The molecular weight excluding hydrogens is 340 g/mol. The first-order valence-electron chi connectivity index (χ1n) is 8.33. The second kappa shape index (κ2) is 7.41. The highest BCUT2D eigenvalue weighted by atomic mass is 32.2. The van der Waals surface area contributed by atoms with Gasteiger partial charge in [-0.15, -0.1) is 0 Å². The van der Waals surface area contributed by atoms with E-state index in [0.29, 0.717) is 31.7 Å². The topological polar surface area (TPSA) is 79.6 Å². The van der Waals surface area contributed by atoms with Crippen LogP contribution >= 0.6 is 0 Å². The molecule has 0 saturated carbocycles. The monoisotopic (exact) mass is 362 g/mol. The van der Waals surface area contributed by atoms with Crippen molar-refractivity contribution in [2.45, 2.75) is 31.6 Å². The summed E-state index contributed by atoms with van der Waals surface area (Å²) in [7, 11) is -3.34. The lowest BCUT2D eigenvalue weighted by Gasteiger charge is -2.31. The van der Waals surface area contributed by atoms with Gasteiger partial charge in [-0.1, -0.05) is 30.3 Å². The van der Waals surface area contributed by atoms with E-state index in [9.17, 15) is 13.2 Å². The van der Waals surface area contributed by atoms with E-state index in [0.717, 1.165) is 5.56 Å². The number of amides is 1. The van der Waals surface area contributed by atoms with Gasteiger partial charge >= 0.3 is 0 Å². The summed E-state index contributed by atoms with van der Waals surface area (Å²) >= 11 is 0. The molecule has 1 aromatic carbocycles. The lowest BCUT2D eigenvalue weighted by molar-refractivity contribution is 0.0894. The summed E-state index contributed by atoms with van der Waals surface area (Å²) in [5.41, 5.74) is 0.783.